The molecule has 0 unspecified atom stereocenters. The number of ether oxygens (including phenoxy) is 2. The number of nitrogens with one attached hydrogen (secondary N) is 1. The Hall–Kier alpha value is -3.16. The third-order valence-corrected chi connectivity index (χ3v) is 9.03. The first-order valence-corrected chi connectivity index (χ1v) is 14.0. The molecule has 0 spiro atoms. The quantitative estimate of drug-likeness (QED) is 0.401. The summed E-state index contributed by atoms with van der Waals surface area (Å²) in [5.41, 5.74) is 7.71. The van der Waals surface area contributed by atoms with E-state index in [0.29, 0.717) is 66.2 Å². The molecular formula is C23H26N6O5S2. The lowest BCUT2D eigenvalue weighted by atomic mass is 9.84. The molecule has 13 heteroatoms. The molecule has 3 aromatic rings. The van der Waals surface area contributed by atoms with Gasteiger partial charge >= 0.3 is 0 Å². The average Bonchev–Trinajstić information content (AvgIpc) is 3.42. The summed E-state index contributed by atoms with van der Waals surface area (Å²) in [5, 5.41) is -0.217. The second-order valence-electron chi connectivity index (χ2n) is 8.69. The third kappa shape index (κ3) is 5.18. The van der Waals surface area contributed by atoms with Gasteiger partial charge in [-0.2, -0.15) is 0 Å². The molecule has 3 aromatic heterocycles. The largest absolute Gasteiger partial charge is 0.477 e. The Morgan fingerprint density at radius 2 is 2.14 bits per heavy atom. The fourth-order valence-electron chi connectivity index (χ4n) is 4.23. The number of pyridine rings is 1. The van der Waals surface area contributed by atoms with Crippen LogP contribution in [0.2, 0.25) is 0 Å². The molecule has 11 nitrogen and oxygen atoms in total. The molecule has 2 aliphatic rings. The maximum atomic E-state index is 12.5. The molecule has 2 fully saturated rings. The fourth-order valence-corrected chi connectivity index (χ4v) is 6.53. The van der Waals surface area contributed by atoms with E-state index >= 15 is 0 Å². The first-order valence-electron chi connectivity index (χ1n) is 11.7. The first-order chi connectivity index (χ1) is 17.4. The molecule has 0 aromatic carbocycles. The van der Waals surface area contributed by atoms with Crippen molar-refractivity contribution >= 4 is 33.0 Å². The van der Waals surface area contributed by atoms with Gasteiger partial charge in [-0.3, -0.25) is 19.5 Å². The highest BCUT2D eigenvalue weighted by Gasteiger charge is 2.37. The van der Waals surface area contributed by atoms with Gasteiger partial charge in [0.25, 0.3) is 5.91 Å². The number of nitrogens with zero attached hydrogens (tertiary/aromatic N) is 4. The van der Waals surface area contributed by atoms with Crippen LogP contribution in [-0.2, 0) is 14.8 Å². The van der Waals surface area contributed by atoms with Gasteiger partial charge in [0.1, 0.15) is 5.69 Å². The van der Waals surface area contributed by atoms with Gasteiger partial charge in [0.05, 0.1) is 58.7 Å². The molecule has 5 rings (SSSR count). The predicted octanol–water partition coefficient (Wildman–Crippen LogP) is 2.57. The number of thiazole rings is 1. The number of carbonyl (C=O) groups excluding carboxylic acids is 1. The zero-order valence-electron chi connectivity index (χ0n) is 19.6. The van der Waals surface area contributed by atoms with Gasteiger partial charge < -0.3 is 15.2 Å². The van der Waals surface area contributed by atoms with Crippen LogP contribution in [-0.4, -0.2) is 59.3 Å². The summed E-state index contributed by atoms with van der Waals surface area (Å²) in [4.78, 5) is 30.7. The van der Waals surface area contributed by atoms with Gasteiger partial charge in [0.15, 0.2) is 5.01 Å². The molecule has 1 aliphatic carbocycles. The smallest absolute Gasteiger partial charge is 0.277 e. The van der Waals surface area contributed by atoms with E-state index < -0.39 is 21.8 Å². The summed E-state index contributed by atoms with van der Waals surface area (Å²) in [5.74, 6) is -0.695. The number of aromatic nitrogens is 4. The highest BCUT2D eigenvalue weighted by molar-refractivity contribution is 7.93. The van der Waals surface area contributed by atoms with Crippen molar-refractivity contribution in [3.63, 3.8) is 0 Å². The Kier molecular flexibility index (Phi) is 6.86. The normalized spacial score (nSPS) is 18.6. The molecular weight excluding hydrogens is 504 g/mol. The van der Waals surface area contributed by atoms with Crippen molar-refractivity contribution in [3.05, 3.63) is 47.1 Å². The summed E-state index contributed by atoms with van der Waals surface area (Å²) >= 11 is 1.13. The van der Waals surface area contributed by atoms with Gasteiger partial charge in [0.2, 0.25) is 15.9 Å². The molecule has 36 heavy (non-hydrogen) atoms. The molecule has 4 heterocycles. The van der Waals surface area contributed by atoms with Crippen LogP contribution in [0.5, 0.6) is 5.88 Å². The Morgan fingerprint density at radius 1 is 1.31 bits per heavy atom. The minimum absolute atomic E-state index is 0.00241. The monoisotopic (exact) mass is 530 g/mol. The average molecular weight is 531 g/mol. The second kappa shape index (κ2) is 10.1. The molecule has 1 saturated carbocycles. The van der Waals surface area contributed by atoms with Crippen molar-refractivity contribution in [2.45, 2.75) is 37.4 Å². The Balaban J connectivity index is 1.60. The lowest BCUT2D eigenvalue weighted by Crippen LogP contribution is -2.20. The summed E-state index contributed by atoms with van der Waals surface area (Å²) < 4.78 is 38.9. The molecule has 2 atom stereocenters. The molecule has 3 N–H and O–H groups in total. The molecule has 190 valence electrons. The summed E-state index contributed by atoms with van der Waals surface area (Å²) in [6.45, 7) is 3.33. The van der Waals surface area contributed by atoms with Crippen molar-refractivity contribution in [1.82, 2.24) is 19.9 Å². The van der Waals surface area contributed by atoms with Gasteiger partial charge in [-0.15, -0.1) is 11.3 Å². The van der Waals surface area contributed by atoms with Crippen molar-refractivity contribution in [1.29, 1.82) is 0 Å². The van der Waals surface area contributed by atoms with E-state index in [4.69, 9.17) is 15.2 Å². The van der Waals surface area contributed by atoms with E-state index in [-0.39, 0.29) is 16.2 Å². The first kappa shape index (κ1) is 24.5. The Morgan fingerprint density at radius 3 is 2.83 bits per heavy atom. The standard InChI is InChI=1S/C23H26N6O5S2/c1-2-34-18-11-25-10-17(27-18)21-20(28-23(35-21)22(24)30)19(13-6-8-33-12-13)16-9-14(5-7-26-16)29-36(31,32)15-3-4-15/h5,7,9-11,13,15,19H,2-4,6,8,12H2,1H3,(H2,24,30)(H,26,29)/t13-,19+/m0/s1. The number of anilines is 1. The minimum Gasteiger partial charge on any atom is -0.477 e. The number of hydrogen-bond acceptors (Lipinski definition) is 10. The number of primary amides is 1. The van der Waals surface area contributed by atoms with Crippen molar-refractivity contribution in [3.8, 4) is 16.5 Å². The van der Waals surface area contributed by atoms with Gasteiger partial charge in [0, 0.05) is 12.8 Å². The van der Waals surface area contributed by atoms with Crippen LogP contribution in [0.4, 0.5) is 5.69 Å². The number of carbonyl (C=O) groups is 1. The number of nitrogens with two attached hydrogens (primary N) is 1. The van der Waals surface area contributed by atoms with Crippen LogP contribution in [0.25, 0.3) is 10.6 Å². The number of amides is 1. The molecule has 1 amide bonds. The van der Waals surface area contributed by atoms with Gasteiger partial charge in [-0.05, 0) is 44.2 Å². The third-order valence-electron chi connectivity index (χ3n) is 6.06. The Labute approximate surface area is 212 Å². The van der Waals surface area contributed by atoms with Gasteiger partial charge in [-0.1, -0.05) is 0 Å². The van der Waals surface area contributed by atoms with Crippen LogP contribution >= 0.6 is 11.3 Å². The highest BCUT2D eigenvalue weighted by atomic mass is 32.2. The van der Waals surface area contributed by atoms with E-state index in [2.05, 4.69) is 24.7 Å². The van der Waals surface area contributed by atoms with Crippen molar-refractivity contribution in [2.75, 3.05) is 24.5 Å². The van der Waals surface area contributed by atoms with Gasteiger partial charge in [-0.25, -0.2) is 18.4 Å². The maximum Gasteiger partial charge on any atom is 0.277 e. The maximum absolute atomic E-state index is 12.5. The van der Waals surface area contributed by atoms with E-state index in [9.17, 15) is 13.2 Å². The lowest BCUT2D eigenvalue weighted by molar-refractivity contribution is 0.0999. The minimum atomic E-state index is -3.44. The van der Waals surface area contributed by atoms with Crippen LogP contribution in [0.3, 0.4) is 0 Å². The molecule has 0 radical (unpaired) electrons. The number of hydrogen-bond donors (Lipinski definition) is 2. The summed E-state index contributed by atoms with van der Waals surface area (Å²) in [6.07, 6.45) is 6.74. The topological polar surface area (TPSA) is 159 Å². The Bertz CT molecular complexity index is 1370. The van der Waals surface area contributed by atoms with E-state index in [1.807, 2.05) is 6.92 Å². The van der Waals surface area contributed by atoms with Crippen LogP contribution in [0.1, 0.15) is 53.3 Å². The summed E-state index contributed by atoms with van der Waals surface area (Å²) in [6, 6.07) is 3.34. The zero-order valence-corrected chi connectivity index (χ0v) is 21.2. The predicted molar refractivity (Wildman–Crippen MR) is 133 cm³/mol. The van der Waals surface area contributed by atoms with E-state index in [1.54, 1.807) is 24.5 Å². The highest BCUT2D eigenvalue weighted by Crippen LogP contribution is 2.43. The van der Waals surface area contributed by atoms with E-state index in [0.717, 1.165) is 17.8 Å². The number of sulfonamides is 1. The van der Waals surface area contributed by atoms with Crippen LogP contribution in [0, 0.1) is 5.92 Å². The van der Waals surface area contributed by atoms with Crippen molar-refractivity contribution in [2.24, 2.45) is 11.7 Å². The molecule has 1 aliphatic heterocycles. The molecule has 0 bridgehead atoms. The van der Waals surface area contributed by atoms with E-state index in [1.165, 1.54) is 6.20 Å². The van der Waals surface area contributed by atoms with Crippen LogP contribution < -0.4 is 15.2 Å². The lowest BCUT2D eigenvalue weighted by Gasteiger charge is -2.22. The van der Waals surface area contributed by atoms with Crippen molar-refractivity contribution < 1.29 is 22.7 Å². The van der Waals surface area contributed by atoms with Crippen LogP contribution in [0.15, 0.2) is 30.7 Å². The second-order valence-corrected chi connectivity index (χ2v) is 11.7. The SMILES string of the molecule is CCOc1cncc(-c2sc(C(N)=O)nc2[C@@H](c2cc(NS(=O)(=O)C3CC3)ccn2)[C@H]2CCOC2)n1. The number of rotatable bonds is 10. The fraction of sp³-hybridized carbons (Fsp3) is 0.435. The zero-order chi connectivity index (χ0) is 25.3. The summed E-state index contributed by atoms with van der Waals surface area (Å²) in [7, 11) is -3.44. The molecule has 1 saturated heterocycles.